The molecular formula is C15H18N4. The fraction of sp³-hybridized carbons (Fsp3) is 0.333. The van der Waals surface area contributed by atoms with E-state index in [0.717, 1.165) is 22.4 Å². The van der Waals surface area contributed by atoms with Crippen LogP contribution >= 0.6 is 0 Å². The van der Waals surface area contributed by atoms with Crippen LogP contribution in [0.15, 0.2) is 18.2 Å². The van der Waals surface area contributed by atoms with Crippen LogP contribution in [-0.2, 0) is 0 Å². The molecule has 0 saturated heterocycles. The van der Waals surface area contributed by atoms with Gasteiger partial charge in [0, 0.05) is 17.2 Å². The number of nitrogen functional groups attached to an aromatic ring is 1. The molecule has 2 aromatic rings. The summed E-state index contributed by atoms with van der Waals surface area (Å²) in [6.07, 6.45) is 0. The zero-order chi connectivity index (χ0) is 14.2. The number of nitrogens with zero attached hydrogens (tertiary/aromatic N) is 3. The summed E-state index contributed by atoms with van der Waals surface area (Å²) >= 11 is 0. The van der Waals surface area contributed by atoms with Crippen molar-refractivity contribution in [2.24, 2.45) is 0 Å². The van der Waals surface area contributed by atoms with Crippen LogP contribution in [0.2, 0.25) is 0 Å². The summed E-state index contributed by atoms with van der Waals surface area (Å²) in [6, 6.07) is 8.14. The smallest absolute Gasteiger partial charge is 0.125 e. The van der Waals surface area contributed by atoms with Crippen LogP contribution in [-0.4, -0.2) is 9.78 Å². The molecule has 0 spiro atoms. The molecule has 1 aromatic heterocycles. The van der Waals surface area contributed by atoms with E-state index < -0.39 is 0 Å². The van der Waals surface area contributed by atoms with Crippen molar-refractivity contribution in [3.05, 3.63) is 34.9 Å². The fourth-order valence-electron chi connectivity index (χ4n) is 2.13. The zero-order valence-electron chi connectivity index (χ0n) is 11.7. The van der Waals surface area contributed by atoms with E-state index in [2.05, 4.69) is 25.0 Å². The Morgan fingerprint density at radius 3 is 2.47 bits per heavy atom. The lowest BCUT2D eigenvalue weighted by Crippen LogP contribution is -2.07. The van der Waals surface area contributed by atoms with Gasteiger partial charge in [-0.05, 0) is 45.4 Å². The van der Waals surface area contributed by atoms with Crippen LogP contribution < -0.4 is 5.73 Å². The lowest BCUT2D eigenvalue weighted by atomic mass is 10.0. The molecule has 2 rings (SSSR count). The van der Waals surface area contributed by atoms with Crippen LogP contribution in [0.5, 0.6) is 0 Å². The van der Waals surface area contributed by atoms with E-state index in [-0.39, 0.29) is 6.04 Å². The predicted octanol–water partition coefficient (Wildman–Crippen LogP) is 3.20. The summed E-state index contributed by atoms with van der Waals surface area (Å²) in [6.45, 7) is 8.01. The lowest BCUT2D eigenvalue weighted by Gasteiger charge is -2.06. The average molecular weight is 254 g/mol. The molecule has 0 fully saturated rings. The van der Waals surface area contributed by atoms with Crippen molar-refractivity contribution in [2.75, 3.05) is 5.73 Å². The van der Waals surface area contributed by atoms with E-state index in [1.54, 1.807) is 0 Å². The number of aromatic nitrogens is 2. The van der Waals surface area contributed by atoms with Crippen molar-refractivity contribution >= 4 is 5.82 Å². The summed E-state index contributed by atoms with van der Waals surface area (Å²) in [5.74, 6) is 0.701. The van der Waals surface area contributed by atoms with Gasteiger partial charge >= 0.3 is 0 Å². The highest BCUT2D eigenvalue weighted by atomic mass is 15.3. The molecular weight excluding hydrogens is 236 g/mol. The monoisotopic (exact) mass is 254 g/mol. The van der Waals surface area contributed by atoms with Gasteiger partial charge in [0.25, 0.3) is 0 Å². The Kier molecular flexibility index (Phi) is 3.30. The number of benzene rings is 1. The number of aryl methyl sites for hydroxylation is 1. The minimum atomic E-state index is 0.229. The van der Waals surface area contributed by atoms with Gasteiger partial charge in [-0.1, -0.05) is 6.07 Å². The summed E-state index contributed by atoms with van der Waals surface area (Å²) < 4.78 is 1.83. The minimum absolute atomic E-state index is 0.229. The van der Waals surface area contributed by atoms with Crippen molar-refractivity contribution in [3.8, 4) is 17.3 Å². The maximum absolute atomic E-state index is 8.97. The van der Waals surface area contributed by atoms with Gasteiger partial charge in [0.2, 0.25) is 0 Å². The summed E-state index contributed by atoms with van der Waals surface area (Å²) in [4.78, 5) is 0. The molecule has 4 nitrogen and oxygen atoms in total. The first-order valence-corrected chi connectivity index (χ1v) is 6.31. The Labute approximate surface area is 113 Å². The Bertz CT molecular complexity index is 660. The van der Waals surface area contributed by atoms with Gasteiger partial charge < -0.3 is 5.73 Å². The van der Waals surface area contributed by atoms with Gasteiger partial charge in [-0.2, -0.15) is 10.4 Å². The van der Waals surface area contributed by atoms with E-state index in [4.69, 9.17) is 11.0 Å². The SMILES string of the molecule is Cc1cc(-c2nn(C(C)C)c(N)c2C)ccc1C#N. The molecule has 4 heteroatoms. The van der Waals surface area contributed by atoms with Crippen molar-refractivity contribution < 1.29 is 0 Å². The largest absolute Gasteiger partial charge is 0.384 e. The first-order chi connectivity index (χ1) is 8.95. The van der Waals surface area contributed by atoms with Crippen LogP contribution in [0.4, 0.5) is 5.82 Å². The fourth-order valence-corrected chi connectivity index (χ4v) is 2.13. The Morgan fingerprint density at radius 1 is 1.32 bits per heavy atom. The van der Waals surface area contributed by atoms with Crippen LogP contribution in [0.1, 0.15) is 36.6 Å². The lowest BCUT2D eigenvalue weighted by molar-refractivity contribution is 0.542. The molecule has 0 amide bonds. The quantitative estimate of drug-likeness (QED) is 0.894. The molecule has 0 atom stereocenters. The highest BCUT2D eigenvalue weighted by Gasteiger charge is 2.15. The third-order valence-corrected chi connectivity index (χ3v) is 3.30. The van der Waals surface area contributed by atoms with Crippen LogP contribution in [0, 0.1) is 25.2 Å². The third kappa shape index (κ3) is 2.19. The van der Waals surface area contributed by atoms with Crippen molar-refractivity contribution in [1.29, 1.82) is 5.26 Å². The maximum Gasteiger partial charge on any atom is 0.125 e. The summed E-state index contributed by atoms with van der Waals surface area (Å²) in [5.41, 5.74) is 10.6. The molecule has 0 saturated carbocycles. The van der Waals surface area contributed by atoms with Crippen LogP contribution in [0.3, 0.4) is 0 Å². The molecule has 0 aliphatic heterocycles. The van der Waals surface area contributed by atoms with Crippen molar-refractivity contribution in [2.45, 2.75) is 33.7 Å². The molecule has 1 heterocycles. The number of rotatable bonds is 2. The van der Waals surface area contributed by atoms with Gasteiger partial charge in [-0.25, -0.2) is 4.68 Å². The third-order valence-electron chi connectivity index (χ3n) is 3.30. The average Bonchev–Trinajstić information content (AvgIpc) is 2.66. The van der Waals surface area contributed by atoms with Gasteiger partial charge in [-0.15, -0.1) is 0 Å². The highest BCUT2D eigenvalue weighted by molar-refractivity contribution is 5.69. The van der Waals surface area contributed by atoms with Gasteiger partial charge in [0.1, 0.15) is 5.82 Å². The van der Waals surface area contributed by atoms with E-state index in [1.165, 1.54) is 0 Å². The van der Waals surface area contributed by atoms with E-state index >= 15 is 0 Å². The minimum Gasteiger partial charge on any atom is -0.384 e. The number of hydrogen-bond donors (Lipinski definition) is 1. The number of nitriles is 1. The molecule has 2 N–H and O–H groups in total. The first-order valence-electron chi connectivity index (χ1n) is 6.31. The molecule has 0 aliphatic carbocycles. The molecule has 1 aromatic carbocycles. The normalized spacial score (nSPS) is 10.7. The highest BCUT2D eigenvalue weighted by Crippen LogP contribution is 2.29. The van der Waals surface area contributed by atoms with Crippen LogP contribution in [0.25, 0.3) is 11.3 Å². The summed E-state index contributed by atoms with van der Waals surface area (Å²) in [5, 5.41) is 13.6. The predicted molar refractivity (Wildman–Crippen MR) is 76.6 cm³/mol. The van der Waals surface area contributed by atoms with Gasteiger partial charge in [0.15, 0.2) is 0 Å². The molecule has 19 heavy (non-hydrogen) atoms. The molecule has 0 radical (unpaired) electrons. The van der Waals surface area contributed by atoms with Crippen molar-refractivity contribution in [3.63, 3.8) is 0 Å². The number of nitrogens with two attached hydrogens (primary N) is 1. The molecule has 0 unspecified atom stereocenters. The van der Waals surface area contributed by atoms with Crippen molar-refractivity contribution in [1.82, 2.24) is 9.78 Å². The van der Waals surface area contributed by atoms with E-state index in [1.807, 2.05) is 36.7 Å². The second kappa shape index (κ2) is 4.77. The molecule has 98 valence electrons. The number of anilines is 1. The first kappa shape index (κ1) is 13.2. The Balaban J connectivity index is 2.57. The zero-order valence-corrected chi connectivity index (χ0v) is 11.7. The standard InChI is InChI=1S/C15H18N4/c1-9(2)19-15(17)11(4)14(18-19)12-5-6-13(8-16)10(3)7-12/h5-7,9H,17H2,1-4H3. The Hall–Kier alpha value is -2.28. The van der Waals surface area contributed by atoms with Gasteiger partial charge in [-0.3, -0.25) is 0 Å². The molecule has 0 aliphatic rings. The Morgan fingerprint density at radius 2 is 2.00 bits per heavy atom. The maximum atomic E-state index is 8.97. The van der Waals surface area contributed by atoms with E-state index in [0.29, 0.717) is 11.4 Å². The second-order valence-electron chi connectivity index (χ2n) is 5.04. The summed E-state index contributed by atoms with van der Waals surface area (Å²) in [7, 11) is 0. The molecule has 0 bridgehead atoms. The number of hydrogen-bond acceptors (Lipinski definition) is 3. The van der Waals surface area contributed by atoms with Gasteiger partial charge in [0.05, 0.1) is 17.3 Å². The second-order valence-corrected chi connectivity index (χ2v) is 5.04. The topological polar surface area (TPSA) is 67.6 Å². The van der Waals surface area contributed by atoms with E-state index in [9.17, 15) is 0 Å².